The standard InChI is InChI=1S/C34H28N2O8S2/c1-41-21-15-11-19(12-16-21)29-27(31(37)35-23-7-3-5-9-25(23)45-29)43-33(39)34(40)44-28-30(20-13-17-22(42-2)18-14-20)46-26-10-6-4-8-24(26)36-32(28)38/h3-18,27-30H,1-2H3,(H,35,37)(H,36,38)/t27-,28-,29+,30+/m0/s1. The Balaban J connectivity index is 1.27. The second-order valence-corrected chi connectivity index (χ2v) is 12.6. The molecule has 0 aliphatic carbocycles. The van der Waals surface area contributed by atoms with Crippen LogP contribution in [0.25, 0.3) is 0 Å². The number of anilines is 2. The minimum absolute atomic E-state index is 0.547. The van der Waals surface area contributed by atoms with E-state index in [4.69, 9.17) is 18.9 Å². The lowest BCUT2D eigenvalue weighted by Gasteiger charge is -2.25. The first-order valence-electron chi connectivity index (χ1n) is 14.2. The van der Waals surface area contributed by atoms with Crippen molar-refractivity contribution >= 4 is 58.7 Å². The van der Waals surface area contributed by atoms with Crippen LogP contribution in [0, 0.1) is 0 Å². The van der Waals surface area contributed by atoms with Gasteiger partial charge in [0, 0.05) is 9.79 Å². The van der Waals surface area contributed by atoms with E-state index in [9.17, 15) is 19.2 Å². The molecule has 0 saturated heterocycles. The third-order valence-electron chi connectivity index (χ3n) is 7.39. The van der Waals surface area contributed by atoms with Crippen LogP contribution in [0.4, 0.5) is 11.4 Å². The first-order valence-corrected chi connectivity index (χ1v) is 15.9. The number of hydrogen-bond acceptors (Lipinski definition) is 10. The zero-order valence-electron chi connectivity index (χ0n) is 24.6. The maximum Gasteiger partial charge on any atom is 0.418 e. The Morgan fingerprint density at radius 3 is 1.30 bits per heavy atom. The number of amides is 2. The SMILES string of the molecule is COc1ccc([C@H]2Sc3ccccc3NC(=O)[C@H]2OC(=O)C(=O)O[C@@H]2C(=O)Nc3ccccc3S[C@@H]2c2ccc(OC)cc2)cc1. The van der Waals surface area contributed by atoms with Crippen LogP contribution in [0.1, 0.15) is 21.6 Å². The first-order chi connectivity index (χ1) is 22.3. The van der Waals surface area contributed by atoms with E-state index in [-0.39, 0.29) is 0 Å². The molecule has 0 aromatic heterocycles. The van der Waals surface area contributed by atoms with Gasteiger partial charge in [-0.3, -0.25) is 9.59 Å². The highest BCUT2D eigenvalue weighted by Crippen LogP contribution is 2.46. The molecule has 0 fully saturated rings. The van der Waals surface area contributed by atoms with Crippen molar-refractivity contribution in [1.82, 2.24) is 0 Å². The molecule has 4 atom stereocenters. The first kappa shape index (κ1) is 31.1. The van der Waals surface area contributed by atoms with Crippen LogP contribution in [-0.2, 0) is 28.7 Å². The number of benzene rings is 4. The van der Waals surface area contributed by atoms with Crippen molar-refractivity contribution in [3.63, 3.8) is 0 Å². The van der Waals surface area contributed by atoms with Crippen LogP contribution in [0.5, 0.6) is 11.5 Å². The van der Waals surface area contributed by atoms with Gasteiger partial charge >= 0.3 is 11.9 Å². The number of thioether (sulfide) groups is 2. The lowest BCUT2D eigenvalue weighted by molar-refractivity contribution is -0.175. The Morgan fingerprint density at radius 1 is 0.565 bits per heavy atom. The fraction of sp³-hybridized carbons (Fsp3) is 0.176. The molecule has 12 heteroatoms. The summed E-state index contributed by atoms with van der Waals surface area (Å²) in [7, 11) is 3.08. The summed E-state index contributed by atoms with van der Waals surface area (Å²) in [5.74, 6) is -2.83. The highest BCUT2D eigenvalue weighted by atomic mass is 32.2. The average molecular weight is 657 g/mol. The number of rotatable bonds is 6. The summed E-state index contributed by atoms with van der Waals surface area (Å²) in [6.45, 7) is 0. The third kappa shape index (κ3) is 6.53. The molecule has 2 N–H and O–H groups in total. The number of hydrogen-bond donors (Lipinski definition) is 2. The van der Waals surface area contributed by atoms with Crippen LogP contribution in [-0.4, -0.2) is 50.2 Å². The summed E-state index contributed by atoms with van der Waals surface area (Å²) in [4.78, 5) is 55.2. The maximum atomic E-state index is 13.5. The molecule has 0 radical (unpaired) electrons. The molecule has 6 rings (SSSR count). The van der Waals surface area contributed by atoms with Crippen molar-refractivity contribution in [2.24, 2.45) is 0 Å². The van der Waals surface area contributed by atoms with E-state index in [0.29, 0.717) is 34.0 Å². The molecule has 4 aromatic carbocycles. The summed E-state index contributed by atoms with van der Waals surface area (Å²) in [6, 6.07) is 28.4. The Labute approximate surface area is 273 Å². The number of para-hydroxylation sites is 2. The van der Waals surface area contributed by atoms with Crippen molar-refractivity contribution in [2.75, 3.05) is 24.9 Å². The highest BCUT2D eigenvalue weighted by Gasteiger charge is 2.42. The molecule has 0 spiro atoms. The fourth-order valence-electron chi connectivity index (χ4n) is 5.06. The monoisotopic (exact) mass is 656 g/mol. The maximum absolute atomic E-state index is 13.5. The molecule has 0 saturated carbocycles. The number of nitrogens with one attached hydrogen (secondary N) is 2. The molecule has 4 aromatic rings. The number of fused-ring (bicyclic) bond motifs is 2. The van der Waals surface area contributed by atoms with Gasteiger partial charge in [0.1, 0.15) is 11.5 Å². The molecular formula is C34H28N2O8S2. The van der Waals surface area contributed by atoms with E-state index in [1.54, 1.807) is 87.0 Å². The zero-order valence-corrected chi connectivity index (χ0v) is 26.3. The van der Waals surface area contributed by atoms with Gasteiger partial charge in [-0.15, -0.1) is 23.5 Å². The minimum atomic E-state index is -1.41. The van der Waals surface area contributed by atoms with Gasteiger partial charge in [-0.1, -0.05) is 48.5 Å². The van der Waals surface area contributed by atoms with Gasteiger partial charge in [-0.25, -0.2) is 9.59 Å². The summed E-state index contributed by atoms with van der Waals surface area (Å²) in [5.41, 5.74) is 2.43. The molecule has 0 bridgehead atoms. The zero-order chi connectivity index (χ0) is 32.2. The van der Waals surface area contributed by atoms with Gasteiger partial charge in [0.25, 0.3) is 11.8 Å². The van der Waals surface area contributed by atoms with Crippen molar-refractivity contribution in [3.05, 3.63) is 108 Å². The quantitative estimate of drug-likeness (QED) is 0.194. The van der Waals surface area contributed by atoms with Crippen LogP contribution in [0.15, 0.2) is 107 Å². The van der Waals surface area contributed by atoms with Gasteiger partial charge in [-0.05, 0) is 59.7 Å². The van der Waals surface area contributed by atoms with Crippen LogP contribution < -0.4 is 20.1 Å². The molecular weight excluding hydrogens is 629 g/mol. The van der Waals surface area contributed by atoms with E-state index >= 15 is 0 Å². The van der Waals surface area contributed by atoms with Gasteiger partial charge in [-0.2, -0.15) is 0 Å². The molecule has 10 nitrogen and oxygen atoms in total. The van der Waals surface area contributed by atoms with E-state index < -0.39 is 46.5 Å². The topological polar surface area (TPSA) is 129 Å². The summed E-state index contributed by atoms with van der Waals surface area (Å²) < 4.78 is 21.8. The molecule has 2 aliphatic heterocycles. The molecule has 0 unspecified atom stereocenters. The Morgan fingerprint density at radius 2 is 0.935 bits per heavy atom. The number of methoxy groups -OCH3 is 2. The molecule has 2 aliphatic rings. The molecule has 234 valence electrons. The Bertz CT molecular complexity index is 1650. The van der Waals surface area contributed by atoms with Crippen molar-refractivity contribution in [2.45, 2.75) is 32.5 Å². The van der Waals surface area contributed by atoms with Crippen molar-refractivity contribution < 1.29 is 38.1 Å². The minimum Gasteiger partial charge on any atom is -0.497 e. The predicted octanol–water partition coefficient (Wildman–Crippen LogP) is 5.80. The Kier molecular flexibility index (Phi) is 9.18. The predicted molar refractivity (Wildman–Crippen MR) is 173 cm³/mol. The molecule has 2 amide bonds. The van der Waals surface area contributed by atoms with E-state index in [2.05, 4.69) is 10.6 Å². The highest BCUT2D eigenvalue weighted by molar-refractivity contribution is 8.00. The Hall–Kier alpha value is -4.94. The van der Waals surface area contributed by atoms with Crippen molar-refractivity contribution in [1.29, 1.82) is 0 Å². The van der Waals surface area contributed by atoms with Gasteiger partial charge in [0.15, 0.2) is 12.2 Å². The summed E-state index contributed by atoms with van der Waals surface area (Å²) in [6.07, 6.45) is -2.82. The smallest absolute Gasteiger partial charge is 0.418 e. The van der Waals surface area contributed by atoms with E-state index in [0.717, 1.165) is 9.79 Å². The lowest BCUT2D eigenvalue weighted by atomic mass is 10.1. The summed E-state index contributed by atoms with van der Waals surface area (Å²) >= 11 is 2.62. The number of esters is 2. The fourth-order valence-corrected chi connectivity index (χ4v) is 7.60. The lowest BCUT2D eigenvalue weighted by Crippen LogP contribution is -2.41. The second-order valence-electron chi connectivity index (χ2n) is 10.2. The number of carbonyl (C=O) groups is 4. The summed E-state index contributed by atoms with van der Waals surface area (Å²) in [5, 5.41) is 4.15. The van der Waals surface area contributed by atoms with Gasteiger partial charge < -0.3 is 29.6 Å². The molecule has 46 heavy (non-hydrogen) atoms. The van der Waals surface area contributed by atoms with E-state index in [1.807, 2.05) is 24.3 Å². The van der Waals surface area contributed by atoms with Crippen LogP contribution >= 0.6 is 23.5 Å². The van der Waals surface area contributed by atoms with Gasteiger partial charge in [0.05, 0.1) is 36.1 Å². The largest absolute Gasteiger partial charge is 0.497 e. The van der Waals surface area contributed by atoms with Crippen LogP contribution in [0.3, 0.4) is 0 Å². The number of ether oxygens (including phenoxy) is 4. The average Bonchev–Trinajstić information content (AvgIpc) is 3.31. The number of carbonyl (C=O) groups excluding carboxylic acids is 4. The second kappa shape index (κ2) is 13.6. The van der Waals surface area contributed by atoms with Gasteiger partial charge in [0.2, 0.25) is 0 Å². The van der Waals surface area contributed by atoms with E-state index in [1.165, 1.54) is 23.5 Å². The van der Waals surface area contributed by atoms with Crippen molar-refractivity contribution in [3.8, 4) is 11.5 Å². The normalized spacial score (nSPS) is 20.4. The third-order valence-corrected chi connectivity index (χ3v) is 10.2. The van der Waals surface area contributed by atoms with Crippen LogP contribution in [0.2, 0.25) is 0 Å². The molecule has 2 heterocycles.